The van der Waals surface area contributed by atoms with E-state index in [1.807, 2.05) is 6.07 Å². The number of rotatable bonds is 3. The second-order valence-electron chi connectivity index (χ2n) is 3.85. The third kappa shape index (κ3) is 2.50. The molecule has 0 radical (unpaired) electrons. The molecule has 2 aromatic rings. The van der Waals surface area contributed by atoms with Crippen LogP contribution in [0, 0.1) is 11.3 Å². The molecule has 0 aromatic carbocycles. The largest absolute Gasteiger partial charge is 0.306 e. The van der Waals surface area contributed by atoms with Crippen molar-refractivity contribution in [2.45, 2.75) is 6.92 Å². The highest BCUT2D eigenvalue weighted by Gasteiger charge is 2.15. The molecule has 0 fully saturated rings. The summed E-state index contributed by atoms with van der Waals surface area (Å²) in [5.41, 5.74) is 0.609. The van der Waals surface area contributed by atoms with Crippen LogP contribution in [0.25, 0.3) is 5.82 Å². The maximum absolute atomic E-state index is 11.7. The Labute approximate surface area is 110 Å². The summed E-state index contributed by atoms with van der Waals surface area (Å²) in [6.07, 6.45) is 2.98. The molecule has 2 aromatic heterocycles. The minimum Gasteiger partial charge on any atom is -0.306 e. The van der Waals surface area contributed by atoms with E-state index >= 15 is 0 Å². The number of amides is 1. The number of nitrogens with one attached hydrogen (secondary N) is 1. The van der Waals surface area contributed by atoms with E-state index in [1.54, 1.807) is 31.3 Å². The number of hydrogen-bond acceptors (Lipinski definition) is 4. The van der Waals surface area contributed by atoms with Crippen molar-refractivity contribution in [3.05, 3.63) is 48.3 Å². The van der Waals surface area contributed by atoms with Gasteiger partial charge in [-0.25, -0.2) is 4.98 Å². The van der Waals surface area contributed by atoms with Crippen molar-refractivity contribution in [3.8, 4) is 11.9 Å². The molecule has 94 valence electrons. The zero-order valence-corrected chi connectivity index (χ0v) is 10.3. The van der Waals surface area contributed by atoms with Crippen molar-refractivity contribution >= 4 is 11.7 Å². The molecule has 0 unspecified atom stereocenters. The molecule has 0 aliphatic carbocycles. The average molecular weight is 253 g/mol. The number of aromatic nitrogens is 3. The van der Waals surface area contributed by atoms with Gasteiger partial charge in [0.05, 0.1) is 6.20 Å². The number of anilines is 1. The summed E-state index contributed by atoms with van der Waals surface area (Å²) in [5, 5.41) is 15.7. The first-order valence-electron chi connectivity index (χ1n) is 5.50. The van der Waals surface area contributed by atoms with Crippen LogP contribution < -0.4 is 5.32 Å². The number of carbonyl (C=O) groups excluding carboxylic acids is 1. The number of carbonyl (C=O) groups is 1. The summed E-state index contributed by atoms with van der Waals surface area (Å²) in [5.74, 6) is 0.435. The summed E-state index contributed by atoms with van der Waals surface area (Å²) in [6, 6.07) is 7.26. The maximum atomic E-state index is 11.7. The number of nitrogens with zero attached hydrogens (tertiary/aromatic N) is 4. The first-order chi connectivity index (χ1) is 9.13. The highest BCUT2D eigenvalue weighted by atomic mass is 16.1. The molecule has 6 heteroatoms. The van der Waals surface area contributed by atoms with Gasteiger partial charge in [0.1, 0.15) is 11.6 Å². The highest BCUT2D eigenvalue weighted by molar-refractivity contribution is 6.03. The average Bonchev–Trinajstić information content (AvgIpc) is 2.82. The van der Waals surface area contributed by atoms with E-state index in [0.29, 0.717) is 11.4 Å². The smallest absolute Gasteiger partial charge is 0.251 e. The van der Waals surface area contributed by atoms with Crippen LogP contribution in [0.15, 0.2) is 42.7 Å². The molecule has 2 heterocycles. The van der Waals surface area contributed by atoms with E-state index in [9.17, 15) is 4.79 Å². The Balaban J connectivity index is 2.47. The van der Waals surface area contributed by atoms with Crippen LogP contribution in [0.5, 0.6) is 0 Å². The van der Waals surface area contributed by atoms with Crippen LogP contribution in [0.2, 0.25) is 0 Å². The molecule has 0 spiro atoms. The van der Waals surface area contributed by atoms with Crippen molar-refractivity contribution in [1.82, 2.24) is 14.8 Å². The molecular weight excluding hydrogens is 242 g/mol. The minimum atomic E-state index is -0.366. The van der Waals surface area contributed by atoms with Crippen LogP contribution in [0.4, 0.5) is 5.82 Å². The van der Waals surface area contributed by atoms with Gasteiger partial charge >= 0.3 is 0 Å². The van der Waals surface area contributed by atoms with Crippen molar-refractivity contribution < 1.29 is 4.79 Å². The van der Waals surface area contributed by atoms with Crippen molar-refractivity contribution in [3.63, 3.8) is 0 Å². The van der Waals surface area contributed by atoms with Gasteiger partial charge in [0.25, 0.3) is 5.91 Å². The van der Waals surface area contributed by atoms with Crippen molar-refractivity contribution in [2.24, 2.45) is 0 Å². The van der Waals surface area contributed by atoms with Crippen molar-refractivity contribution in [1.29, 1.82) is 5.26 Å². The molecule has 6 nitrogen and oxygen atoms in total. The lowest BCUT2D eigenvalue weighted by molar-refractivity contribution is -0.112. The Kier molecular flexibility index (Phi) is 3.39. The molecule has 0 saturated heterocycles. The van der Waals surface area contributed by atoms with Gasteiger partial charge in [0.15, 0.2) is 11.6 Å². The van der Waals surface area contributed by atoms with Crippen LogP contribution in [-0.2, 0) is 4.79 Å². The van der Waals surface area contributed by atoms with Gasteiger partial charge < -0.3 is 5.32 Å². The lowest BCUT2D eigenvalue weighted by Crippen LogP contribution is -2.16. The topological polar surface area (TPSA) is 83.6 Å². The molecule has 0 aliphatic heterocycles. The fourth-order valence-electron chi connectivity index (χ4n) is 1.42. The van der Waals surface area contributed by atoms with Gasteiger partial charge in [0, 0.05) is 11.8 Å². The van der Waals surface area contributed by atoms with Crippen LogP contribution in [-0.4, -0.2) is 20.7 Å². The zero-order chi connectivity index (χ0) is 13.8. The fourth-order valence-corrected chi connectivity index (χ4v) is 1.42. The van der Waals surface area contributed by atoms with Gasteiger partial charge in [-0.3, -0.25) is 4.79 Å². The lowest BCUT2D eigenvalue weighted by atomic mass is 10.3. The summed E-state index contributed by atoms with van der Waals surface area (Å²) in [6.45, 7) is 5.14. The molecule has 0 aliphatic rings. The van der Waals surface area contributed by atoms with E-state index < -0.39 is 0 Å². The summed E-state index contributed by atoms with van der Waals surface area (Å²) < 4.78 is 1.40. The molecule has 19 heavy (non-hydrogen) atoms. The van der Waals surface area contributed by atoms with Crippen LogP contribution in [0.3, 0.4) is 0 Å². The van der Waals surface area contributed by atoms with Gasteiger partial charge in [-0.1, -0.05) is 12.6 Å². The number of pyridine rings is 1. The van der Waals surface area contributed by atoms with Crippen LogP contribution >= 0.6 is 0 Å². The maximum Gasteiger partial charge on any atom is 0.251 e. The van der Waals surface area contributed by atoms with Crippen LogP contribution in [0.1, 0.15) is 12.5 Å². The molecular formula is C13H11N5O. The van der Waals surface area contributed by atoms with E-state index in [-0.39, 0.29) is 17.3 Å². The minimum absolute atomic E-state index is 0.264. The summed E-state index contributed by atoms with van der Waals surface area (Å²) >= 11 is 0. The second-order valence-corrected chi connectivity index (χ2v) is 3.85. The highest BCUT2D eigenvalue weighted by Crippen LogP contribution is 2.18. The predicted octanol–water partition coefficient (Wildman–Crippen LogP) is 1.65. The van der Waals surface area contributed by atoms with E-state index in [2.05, 4.69) is 22.0 Å². The standard InChI is InChI=1S/C13H11N5O/c1-9(2)13(19)17-12-10(7-14)8-16-18(12)11-5-3-4-6-15-11/h3-6,8H,1H2,2H3,(H,17,19). The molecule has 2 rings (SSSR count). The van der Waals surface area contributed by atoms with Gasteiger partial charge in [-0.2, -0.15) is 15.0 Å². The molecule has 0 saturated carbocycles. The predicted molar refractivity (Wildman–Crippen MR) is 69.5 cm³/mol. The van der Waals surface area contributed by atoms with E-state index in [4.69, 9.17) is 5.26 Å². The Morgan fingerprint density at radius 3 is 2.89 bits per heavy atom. The summed E-state index contributed by atoms with van der Waals surface area (Å²) in [7, 11) is 0. The lowest BCUT2D eigenvalue weighted by Gasteiger charge is -2.08. The Bertz CT molecular complexity index is 666. The van der Waals surface area contributed by atoms with E-state index in [1.165, 1.54) is 10.9 Å². The fraction of sp³-hybridized carbons (Fsp3) is 0.0769. The first-order valence-corrected chi connectivity index (χ1v) is 5.50. The first kappa shape index (κ1) is 12.5. The van der Waals surface area contributed by atoms with Gasteiger partial charge in [-0.05, 0) is 19.1 Å². The van der Waals surface area contributed by atoms with Gasteiger partial charge in [0.2, 0.25) is 0 Å². The third-order valence-electron chi connectivity index (χ3n) is 2.38. The SMILES string of the molecule is C=C(C)C(=O)Nc1c(C#N)cnn1-c1ccccn1. The molecule has 1 amide bonds. The Morgan fingerprint density at radius 2 is 2.32 bits per heavy atom. The third-order valence-corrected chi connectivity index (χ3v) is 2.38. The number of nitriles is 1. The Hall–Kier alpha value is -2.94. The number of hydrogen-bond donors (Lipinski definition) is 1. The molecule has 0 atom stereocenters. The van der Waals surface area contributed by atoms with Gasteiger partial charge in [-0.15, -0.1) is 0 Å². The van der Waals surface area contributed by atoms with Crippen molar-refractivity contribution in [2.75, 3.05) is 5.32 Å². The quantitative estimate of drug-likeness (QED) is 0.843. The Morgan fingerprint density at radius 1 is 1.53 bits per heavy atom. The molecule has 1 N–H and O–H groups in total. The normalized spacial score (nSPS) is 9.68. The van der Waals surface area contributed by atoms with E-state index in [0.717, 1.165) is 0 Å². The zero-order valence-electron chi connectivity index (χ0n) is 10.3. The second kappa shape index (κ2) is 5.14. The monoisotopic (exact) mass is 253 g/mol. The summed E-state index contributed by atoms with van der Waals surface area (Å²) in [4.78, 5) is 15.8. The molecule has 0 bridgehead atoms.